The van der Waals surface area contributed by atoms with Crippen molar-refractivity contribution < 1.29 is 28.2 Å². The SMILES string of the molecule is Cc1c(-c2nc3cc(CN4CC[C@@](C)(O)C4)cc(C#N)c3o2)cccc1-c1cccc2c1CCN2c1nc(C(F)F)nc2cc(CN3CC[C@H](C(=O)O)C3)cnc12. The van der Waals surface area contributed by atoms with Gasteiger partial charge in [-0.05, 0) is 103 Å². The Hall–Kier alpha value is -5.88. The van der Waals surface area contributed by atoms with Gasteiger partial charge in [-0.25, -0.2) is 23.7 Å². The first-order chi connectivity index (χ1) is 27.4. The Balaban J connectivity index is 1.04. The van der Waals surface area contributed by atoms with Crippen molar-refractivity contribution in [2.45, 2.75) is 58.2 Å². The normalized spacial score (nSPS) is 19.9. The zero-order chi connectivity index (χ0) is 39.6. The third kappa shape index (κ3) is 6.85. The summed E-state index contributed by atoms with van der Waals surface area (Å²) in [5.41, 5.74) is 8.65. The van der Waals surface area contributed by atoms with Crippen LogP contribution in [0.1, 0.15) is 59.8 Å². The number of nitriles is 1. The number of fused-ring (bicyclic) bond motifs is 3. The molecule has 0 amide bonds. The highest BCUT2D eigenvalue weighted by Gasteiger charge is 2.33. The molecule has 2 atom stereocenters. The van der Waals surface area contributed by atoms with Crippen LogP contribution in [0.25, 0.3) is 44.7 Å². The second-order valence-electron chi connectivity index (χ2n) is 15.7. The minimum absolute atomic E-state index is 0.309. The summed E-state index contributed by atoms with van der Waals surface area (Å²) in [4.78, 5) is 35.8. The minimum Gasteiger partial charge on any atom is -0.481 e. The fourth-order valence-corrected chi connectivity index (χ4v) is 8.75. The number of nitrogens with zero attached hydrogens (tertiary/aromatic N) is 8. The molecule has 290 valence electrons. The highest BCUT2D eigenvalue weighted by Crippen LogP contribution is 2.43. The second kappa shape index (κ2) is 14.3. The van der Waals surface area contributed by atoms with Gasteiger partial charge in [0, 0.05) is 56.7 Å². The molecule has 0 spiro atoms. The Morgan fingerprint density at radius 2 is 1.77 bits per heavy atom. The smallest absolute Gasteiger partial charge is 0.307 e. The van der Waals surface area contributed by atoms with Gasteiger partial charge in [0.15, 0.2) is 17.2 Å². The lowest BCUT2D eigenvalue weighted by Gasteiger charge is -2.21. The maximum Gasteiger partial charge on any atom is 0.307 e. The van der Waals surface area contributed by atoms with E-state index in [1.807, 2.05) is 66.1 Å². The van der Waals surface area contributed by atoms with Crippen molar-refractivity contribution in [1.82, 2.24) is 29.7 Å². The van der Waals surface area contributed by atoms with Gasteiger partial charge in [-0.15, -0.1) is 0 Å². The van der Waals surface area contributed by atoms with E-state index in [2.05, 4.69) is 27.0 Å². The number of carbonyl (C=O) groups is 1. The van der Waals surface area contributed by atoms with Crippen molar-refractivity contribution in [1.29, 1.82) is 5.26 Å². The minimum atomic E-state index is -2.89. The molecular weight excluding hydrogens is 731 g/mol. The van der Waals surface area contributed by atoms with Gasteiger partial charge in [0.05, 0.1) is 22.6 Å². The molecule has 0 radical (unpaired) electrons. The summed E-state index contributed by atoms with van der Waals surface area (Å²) in [5, 5.41) is 29.9. The number of likely N-dealkylation sites (tertiary alicyclic amines) is 2. The molecule has 0 saturated carbocycles. The summed E-state index contributed by atoms with van der Waals surface area (Å²) < 4.78 is 34.9. The Morgan fingerprint density at radius 3 is 2.53 bits per heavy atom. The number of carboxylic acid groups (broad SMARTS) is 1. The van der Waals surface area contributed by atoms with Crippen LogP contribution < -0.4 is 4.90 Å². The molecular formula is C43H40F2N8O4. The number of rotatable bonds is 9. The summed E-state index contributed by atoms with van der Waals surface area (Å²) in [7, 11) is 0. The van der Waals surface area contributed by atoms with Crippen molar-refractivity contribution in [3.63, 3.8) is 0 Å². The van der Waals surface area contributed by atoms with Crippen molar-refractivity contribution in [3.05, 3.63) is 94.4 Å². The number of hydrogen-bond donors (Lipinski definition) is 2. The lowest BCUT2D eigenvalue weighted by Crippen LogP contribution is -2.29. The highest BCUT2D eigenvalue weighted by atomic mass is 19.3. The number of aliphatic hydroxyl groups is 1. The Morgan fingerprint density at radius 1 is 1.00 bits per heavy atom. The van der Waals surface area contributed by atoms with E-state index in [0.717, 1.165) is 51.2 Å². The molecule has 2 fully saturated rings. The predicted octanol–water partition coefficient (Wildman–Crippen LogP) is 7.18. The van der Waals surface area contributed by atoms with Crippen molar-refractivity contribution in [2.75, 3.05) is 37.6 Å². The number of alkyl halides is 2. The molecule has 6 heterocycles. The van der Waals surface area contributed by atoms with Crippen LogP contribution >= 0.6 is 0 Å². The Labute approximate surface area is 327 Å². The van der Waals surface area contributed by atoms with Gasteiger partial charge in [-0.1, -0.05) is 24.3 Å². The maximum atomic E-state index is 14.3. The lowest BCUT2D eigenvalue weighted by molar-refractivity contribution is -0.141. The van der Waals surface area contributed by atoms with Crippen LogP contribution in [0.2, 0.25) is 0 Å². The predicted molar refractivity (Wildman–Crippen MR) is 209 cm³/mol. The van der Waals surface area contributed by atoms with Crippen LogP contribution in [0.3, 0.4) is 0 Å². The van der Waals surface area contributed by atoms with Crippen LogP contribution in [0.4, 0.5) is 20.3 Å². The van der Waals surface area contributed by atoms with Crippen molar-refractivity contribution in [3.8, 4) is 28.7 Å². The van der Waals surface area contributed by atoms with Crippen molar-refractivity contribution >= 4 is 39.6 Å². The molecule has 6 aromatic rings. The first-order valence-electron chi connectivity index (χ1n) is 19.1. The summed E-state index contributed by atoms with van der Waals surface area (Å²) in [6.45, 7) is 7.76. The average molecular weight is 771 g/mol. The quantitative estimate of drug-likeness (QED) is 0.153. The molecule has 3 aliphatic rings. The summed E-state index contributed by atoms with van der Waals surface area (Å²) in [5.74, 6) is -1.11. The summed E-state index contributed by atoms with van der Waals surface area (Å²) in [6.07, 6.45) is 0.688. The fraction of sp³-hybridized carbons (Fsp3) is 0.349. The number of aromatic nitrogens is 4. The summed E-state index contributed by atoms with van der Waals surface area (Å²) in [6, 6.07) is 19.7. The lowest BCUT2D eigenvalue weighted by atomic mass is 9.92. The van der Waals surface area contributed by atoms with E-state index in [-0.39, 0.29) is 0 Å². The van der Waals surface area contributed by atoms with Crippen LogP contribution in [-0.2, 0) is 24.3 Å². The molecule has 9 rings (SSSR count). The van der Waals surface area contributed by atoms with E-state index < -0.39 is 29.7 Å². The van der Waals surface area contributed by atoms with Crippen LogP contribution in [-0.4, -0.2) is 84.2 Å². The zero-order valence-electron chi connectivity index (χ0n) is 31.5. The molecule has 2 N–H and O–H groups in total. The maximum absolute atomic E-state index is 14.3. The zero-order valence-corrected chi connectivity index (χ0v) is 31.5. The van der Waals surface area contributed by atoms with Gasteiger partial charge in [0.2, 0.25) is 5.89 Å². The fourth-order valence-electron chi connectivity index (χ4n) is 8.75. The topological polar surface area (TPSA) is 156 Å². The largest absolute Gasteiger partial charge is 0.481 e. The van der Waals surface area contributed by atoms with Gasteiger partial charge >= 0.3 is 5.97 Å². The van der Waals surface area contributed by atoms with E-state index in [0.29, 0.717) is 97.9 Å². The number of β-amino-alcohol motifs (C(OH)–C–C–N with tert-alkyl or cyclic N) is 1. The average Bonchev–Trinajstić information content (AvgIpc) is 4.00. The van der Waals surface area contributed by atoms with Crippen molar-refractivity contribution in [2.24, 2.45) is 5.92 Å². The molecule has 14 heteroatoms. The summed E-state index contributed by atoms with van der Waals surface area (Å²) >= 11 is 0. The molecule has 12 nitrogen and oxygen atoms in total. The number of halogens is 2. The highest BCUT2D eigenvalue weighted by molar-refractivity contribution is 5.92. The van der Waals surface area contributed by atoms with Crippen LogP contribution in [0, 0.1) is 24.2 Å². The van der Waals surface area contributed by atoms with Gasteiger partial charge in [-0.3, -0.25) is 19.6 Å². The van der Waals surface area contributed by atoms with E-state index in [9.17, 15) is 29.1 Å². The first-order valence-corrected chi connectivity index (χ1v) is 19.1. The third-order valence-corrected chi connectivity index (χ3v) is 11.6. The van der Waals surface area contributed by atoms with E-state index in [1.165, 1.54) is 0 Å². The van der Waals surface area contributed by atoms with Gasteiger partial charge in [0.25, 0.3) is 6.43 Å². The molecule has 0 bridgehead atoms. The number of hydrogen-bond acceptors (Lipinski definition) is 11. The number of carboxylic acids is 1. The second-order valence-corrected chi connectivity index (χ2v) is 15.7. The van der Waals surface area contributed by atoms with E-state index >= 15 is 0 Å². The van der Waals surface area contributed by atoms with Gasteiger partial charge in [0.1, 0.15) is 17.1 Å². The van der Waals surface area contributed by atoms with Gasteiger partial charge < -0.3 is 19.5 Å². The van der Waals surface area contributed by atoms with E-state index in [1.54, 1.807) is 12.3 Å². The molecule has 0 unspecified atom stereocenters. The molecule has 3 aliphatic heterocycles. The molecule has 3 aromatic heterocycles. The van der Waals surface area contributed by atoms with E-state index in [4.69, 9.17) is 14.4 Å². The molecule has 2 saturated heterocycles. The number of benzene rings is 3. The molecule has 57 heavy (non-hydrogen) atoms. The Bertz CT molecular complexity index is 2620. The van der Waals surface area contributed by atoms with Crippen LogP contribution in [0.15, 0.2) is 65.2 Å². The molecule has 0 aliphatic carbocycles. The third-order valence-electron chi connectivity index (χ3n) is 11.6. The number of oxazole rings is 1. The number of pyridine rings is 1. The monoisotopic (exact) mass is 770 g/mol. The molecule has 3 aromatic carbocycles. The first kappa shape index (κ1) is 36.7. The number of anilines is 2. The standard InChI is InChI=1S/C43H40F2N8O4/c1-24-29(5-3-6-30(24)41-49-34-16-25(15-28(18-46)37(34)57-41)20-52-14-11-43(2,56)23-52)31-7-4-8-35-32(31)10-13-53(35)40-36-33(48-39(50-40)38(44)45)17-26(19-47-36)21-51-12-9-27(22-51)42(54)55/h3-8,15-17,19,27,38,56H,9-14,20-23H2,1-2H3,(H,54,55)/t27-,43+/m0/s1. The Kier molecular flexibility index (Phi) is 9.19. The van der Waals surface area contributed by atoms with Gasteiger partial charge in [-0.2, -0.15) is 5.26 Å². The number of aliphatic carboxylic acids is 1. The van der Waals surface area contributed by atoms with Crippen LogP contribution in [0.5, 0.6) is 0 Å².